The largest absolute Gasteiger partial charge is 0.375 e. The highest BCUT2D eigenvalue weighted by Gasteiger charge is 2.25. The van der Waals surface area contributed by atoms with Gasteiger partial charge in [0.1, 0.15) is 17.3 Å². The molecule has 48 heavy (non-hydrogen) atoms. The molecule has 258 valence electrons. The predicted octanol–water partition coefficient (Wildman–Crippen LogP) is 2.64. The number of rotatable bonds is 20. The second kappa shape index (κ2) is 21.1. The Balaban J connectivity index is 2.23. The van der Waals surface area contributed by atoms with Crippen molar-refractivity contribution in [2.24, 2.45) is 11.5 Å². The Morgan fingerprint density at radius 2 is 1.90 bits per heavy atom. The third-order valence-electron chi connectivity index (χ3n) is 6.72. The third kappa shape index (κ3) is 13.6. The number of nitrogens with two attached hydrogens (primary N) is 2. The summed E-state index contributed by atoms with van der Waals surface area (Å²) < 4.78 is 0. The summed E-state index contributed by atoms with van der Waals surface area (Å²) in [4.78, 5) is 32.3. The molecule has 0 aliphatic carbocycles. The minimum Gasteiger partial charge on any atom is -0.375 e. The van der Waals surface area contributed by atoms with Crippen molar-refractivity contribution in [2.45, 2.75) is 61.1 Å². The fourth-order valence-corrected chi connectivity index (χ4v) is 5.69. The molecule has 2 amide bonds. The smallest absolute Gasteiger partial charge is 0.245 e. The van der Waals surface area contributed by atoms with E-state index in [1.165, 1.54) is 16.7 Å². The number of amides is 2. The van der Waals surface area contributed by atoms with Crippen LogP contribution in [0.1, 0.15) is 36.5 Å². The molecule has 0 fully saturated rings. The minimum atomic E-state index is -0.988. The molecule has 3 atom stereocenters. The van der Waals surface area contributed by atoms with Gasteiger partial charge in [0, 0.05) is 56.2 Å². The number of carbonyl (C=O) groups is 2. The molecule has 1 heterocycles. The highest BCUT2D eigenvalue weighted by molar-refractivity contribution is 7.99. The maximum Gasteiger partial charge on any atom is 0.245 e. The molecule has 9 N–H and O–H groups in total. The van der Waals surface area contributed by atoms with Crippen LogP contribution >= 0.6 is 23.4 Å². The van der Waals surface area contributed by atoms with Crippen LogP contribution < -0.4 is 32.7 Å². The summed E-state index contributed by atoms with van der Waals surface area (Å²) in [7, 11) is 3.21. The fourth-order valence-electron chi connectivity index (χ4n) is 4.33. The average Bonchev–Trinajstić information content (AvgIpc) is 3.05. The maximum atomic E-state index is 13.2. The fraction of sp³-hybridized carbons (Fsp3) is 0.353. The Kier molecular flexibility index (Phi) is 17.6. The molecular weight excluding hydrogens is 650 g/mol. The van der Waals surface area contributed by atoms with Crippen molar-refractivity contribution in [2.75, 3.05) is 27.2 Å². The monoisotopic (exact) mass is 695 g/mol. The van der Waals surface area contributed by atoms with E-state index < -0.39 is 18.3 Å². The van der Waals surface area contributed by atoms with Crippen molar-refractivity contribution in [3.63, 3.8) is 0 Å². The van der Waals surface area contributed by atoms with Crippen molar-refractivity contribution in [3.8, 4) is 6.07 Å². The first-order chi connectivity index (χ1) is 22.9. The summed E-state index contributed by atoms with van der Waals surface area (Å²) in [6.07, 6.45) is 8.43. The van der Waals surface area contributed by atoms with Gasteiger partial charge in [-0.3, -0.25) is 14.9 Å². The first-order valence-corrected chi connectivity index (χ1v) is 16.5. The van der Waals surface area contributed by atoms with Crippen LogP contribution in [0.15, 0.2) is 89.2 Å². The van der Waals surface area contributed by atoms with E-state index in [-0.39, 0.29) is 31.4 Å². The summed E-state index contributed by atoms with van der Waals surface area (Å²) in [5.41, 5.74) is 14.8. The van der Waals surface area contributed by atoms with Gasteiger partial charge in [-0.25, -0.2) is 4.98 Å². The molecular formula is C34H46ClN9O3S. The summed E-state index contributed by atoms with van der Waals surface area (Å²) in [6.45, 7) is 10.3. The molecule has 0 saturated heterocycles. The average molecular weight is 696 g/mol. The maximum absolute atomic E-state index is 13.2. The van der Waals surface area contributed by atoms with Gasteiger partial charge in [-0.1, -0.05) is 54.7 Å². The standard InChI is InChI=1S/C34H46ClN9O3S/c1-22(2)42-23(3)10-6-7-13-30(45)41-21-26-16-24(18-37)17-27(35)31(26)48-33-25(11-9-15-39-33)20-40-28(12-8-14-36)32(46)43-29(19-38)34(47)44(4)5/h6-7,9-11,13,15-17,28-30,40-42,45H,1,3,8,12,14,19-21,36,38H2,2,4-5H3,(H,43,46)/b10-6-,13-7-/t28-,29-,30?/m0/s1. The van der Waals surface area contributed by atoms with E-state index in [2.05, 4.69) is 45.5 Å². The van der Waals surface area contributed by atoms with Crippen molar-refractivity contribution in [1.82, 2.24) is 31.2 Å². The first-order valence-electron chi connectivity index (χ1n) is 15.3. The van der Waals surface area contributed by atoms with Gasteiger partial charge in [0.15, 0.2) is 0 Å². The van der Waals surface area contributed by atoms with E-state index in [4.69, 9.17) is 23.1 Å². The topological polar surface area (TPSA) is 194 Å². The van der Waals surface area contributed by atoms with Gasteiger partial charge in [0.05, 0.1) is 22.7 Å². The zero-order chi connectivity index (χ0) is 35.6. The lowest BCUT2D eigenvalue weighted by Crippen LogP contribution is -2.55. The second-order valence-electron chi connectivity index (χ2n) is 11.0. The van der Waals surface area contributed by atoms with Crippen molar-refractivity contribution >= 4 is 35.2 Å². The highest BCUT2D eigenvalue weighted by Crippen LogP contribution is 2.37. The molecule has 1 aromatic heterocycles. The number of nitrogens with zero attached hydrogens (tertiary/aromatic N) is 3. The molecule has 1 unspecified atom stereocenters. The molecule has 2 aromatic rings. The van der Waals surface area contributed by atoms with Crippen LogP contribution in [0.5, 0.6) is 0 Å². The van der Waals surface area contributed by atoms with E-state index >= 15 is 0 Å². The number of likely N-dealkylation sites (N-methyl/N-ethyl adjacent to an activating group) is 1. The quantitative estimate of drug-likeness (QED) is 0.0795. The lowest BCUT2D eigenvalue weighted by molar-refractivity contribution is -0.134. The van der Waals surface area contributed by atoms with Gasteiger partial charge >= 0.3 is 0 Å². The van der Waals surface area contributed by atoms with Crippen LogP contribution in [0.3, 0.4) is 0 Å². The highest BCUT2D eigenvalue weighted by atomic mass is 35.5. The summed E-state index contributed by atoms with van der Waals surface area (Å²) in [5, 5.41) is 33.1. The van der Waals surface area contributed by atoms with Crippen LogP contribution in [0.4, 0.5) is 0 Å². The second-order valence-corrected chi connectivity index (χ2v) is 12.4. The lowest BCUT2D eigenvalue weighted by Gasteiger charge is -2.24. The van der Waals surface area contributed by atoms with Gasteiger partial charge in [0.2, 0.25) is 11.8 Å². The van der Waals surface area contributed by atoms with Crippen molar-refractivity contribution in [1.29, 1.82) is 5.26 Å². The molecule has 0 aliphatic heterocycles. The zero-order valence-corrected chi connectivity index (χ0v) is 29.2. The molecule has 14 heteroatoms. The predicted molar refractivity (Wildman–Crippen MR) is 191 cm³/mol. The number of nitrogens with one attached hydrogen (secondary N) is 4. The van der Waals surface area contributed by atoms with Crippen LogP contribution in [-0.4, -0.2) is 72.3 Å². The molecule has 2 rings (SSSR count). The Labute approximate surface area is 292 Å². The van der Waals surface area contributed by atoms with Crippen LogP contribution in [0.2, 0.25) is 5.02 Å². The number of aliphatic hydroxyl groups excluding tert-OH is 1. The summed E-state index contributed by atoms with van der Waals surface area (Å²) >= 11 is 7.99. The number of benzene rings is 1. The van der Waals surface area contributed by atoms with Crippen LogP contribution in [0.25, 0.3) is 0 Å². The van der Waals surface area contributed by atoms with Crippen molar-refractivity contribution in [3.05, 3.63) is 101 Å². The Morgan fingerprint density at radius 3 is 2.54 bits per heavy atom. The molecule has 0 saturated carbocycles. The first kappa shape index (κ1) is 40.2. The normalized spacial score (nSPS) is 13.1. The van der Waals surface area contributed by atoms with E-state index in [0.717, 1.165) is 11.3 Å². The van der Waals surface area contributed by atoms with Gasteiger partial charge in [-0.15, -0.1) is 0 Å². The summed E-state index contributed by atoms with van der Waals surface area (Å²) in [6, 6.07) is 7.60. The lowest BCUT2D eigenvalue weighted by atomic mass is 10.1. The number of allylic oxidation sites excluding steroid dienone is 4. The van der Waals surface area contributed by atoms with E-state index in [1.807, 2.05) is 13.0 Å². The number of carbonyl (C=O) groups excluding carboxylic acids is 2. The van der Waals surface area contributed by atoms with Crippen molar-refractivity contribution < 1.29 is 14.7 Å². The van der Waals surface area contributed by atoms with Gasteiger partial charge in [0.25, 0.3) is 0 Å². The number of halogens is 1. The number of hydrogen-bond donors (Lipinski definition) is 7. The van der Waals surface area contributed by atoms with Gasteiger partial charge in [-0.05, 0) is 67.8 Å². The molecule has 12 nitrogen and oxygen atoms in total. The summed E-state index contributed by atoms with van der Waals surface area (Å²) in [5.74, 6) is -0.648. The van der Waals surface area contributed by atoms with Gasteiger partial charge < -0.3 is 37.4 Å². The number of pyridine rings is 1. The number of aliphatic hydroxyl groups is 1. The van der Waals surface area contributed by atoms with E-state index in [1.54, 1.807) is 62.8 Å². The molecule has 0 spiro atoms. The Hall–Kier alpha value is -4.00. The minimum absolute atomic E-state index is 0.0353. The Morgan fingerprint density at radius 1 is 1.17 bits per heavy atom. The van der Waals surface area contributed by atoms with E-state index in [0.29, 0.717) is 51.2 Å². The third-order valence-corrected chi connectivity index (χ3v) is 8.38. The number of aromatic nitrogens is 1. The number of nitriles is 1. The Bertz CT molecular complexity index is 1520. The number of hydrogen-bond acceptors (Lipinski definition) is 11. The van der Waals surface area contributed by atoms with Crippen LogP contribution in [-0.2, 0) is 22.7 Å². The zero-order valence-electron chi connectivity index (χ0n) is 27.6. The molecule has 0 radical (unpaired) electrons. The molecule has 0 bridgehead atoms. The molecule has 1 aromatic carbocycles. The van der Waals surface area contributed by atoms with E-state index in [9.17, 15) is 20.0 Å². The molecule has 0 aliphatic rings. The van der Waals surface area contributed by atoms with Crippen LogP contribution in [0, 0.1) is 11.3 Å². The SMILES string of the molecule is C=C(C)NC(=C)/C=C\C=C/C(O)NCc1cc(C#N)cc(Cl)c1Sc1ncccc1CN[C@@H](CCCN)C(=O)N[C@@H](CN)C(=O)N(C)C. The van der Waals surface area contributed by atoms with Gasteiger partial charge in [-0.2, -0.15) is 5.26 Å².